The van der Waals surface area contributed by atoms with Gasteiger partial charge in [-0.05, 0) is 44.5 Å². The van der Waals surface area contributed by atoms with E-state index >= 15 is 0 Å². The maximum Gasteiger partial charge on any atom is 0.0643 e. The molecule has 0 fully saturated rings. The Morgan fingerprint density at radius 2 is 1.95 bits per heavy atom. The maximum absolute atomic E-state index is 4.74. The van der Waals surface area contributed by atoms with Gasteiger partial charge in [-0.1, -0.05) is 19.9 Å². The van der Waals surface area contributed by atoms with Crippen LogP contribution in [0.2, 0.25) is 0 Å². The number of pyridine rings is 1. The average molecular weight is 286 g/mol. The molecule has 1 N–H and O–H groups in total. The fraction of sp³-hybridized carbons (Fsp3) is 0.529. The highest BCUT2D eigenvalue weighted by atomic mass is 15.3. The summed E-state index contributed by atoms with van der Waals surface area (Å²) in [6.45, 7) is 6.43. The molecule has 1 atom stereocenters. The summed E-state index contributed by atoms with van der Waals surface area (Å²) >= 11 is 0. The first-order chi connectivity index (χ1) is 10.2. The summed E-state index contributed by atoms with van der Waals surface area (Å²) in [7, 11) is 1.99. The van der Waals surface area contributed by atoms with Gasteiger partial charge in [0.2, 0.25) is 0 Å². The predicted molar refractivity (Wildman–Crippen MR) is 86.3 cm³/mol. The Hall–Kier alpha value is -1.68. The number of hydrogen-bond donors (Lipinski definition) is 1. The summed E-state index contributed by atoms with van der Waals surface area (Å²) < 4.78 is 2.11. The summed E-state index contributed by atoms with van der Waals surface area (Å²) in [5.74, 6) is 0. The molecule has 0 amide bonds. The molecule has 0 saturated heterocycles. The van der Waals surface area contributed by atoms with Crippen LogP contribution in [0.1, 0.15) is 55.7 Å². The van der Waals surface area contributed by atoms with E-state index in [1.807, 2.05) is 20.2 Å². The SMILES string of the molecule is CCC(CC)n1ccc(CC(NC)c2ccc(C)nc2)n1. The zero-order valence-electron chi connectivity index (χ0n) is 13.5. The largest absolute Gasteiger partial charge is 0.313 e. The lowest BCUT2D eigenvalue weighted by Crippen LogP contribution is -2.19. The van der Waals surface area contributed by atoms with Gasteiger partial charge in [-0.2, -0.15) is 5.10 Å². The van der Waals surface area contributed by atoms with Crippen molar-refractivity contribution in [3.8, 4) is 0 Å². The minimum atomic E-state index is 0.253. The van der Waals surface area contributed by atoms with Crippen molar-refractivity contribution in [2.24, 2.45) is 0 Å². The van der Waals surface area contributed by atoms with Crippen LogP contribution in [-0.4, -0.2) is 21.8 Å². The molecule has 0 aliphatic rings. The highest BCUT2D eigenvalue weighted by Crippen LogP contribution is 2.19. The predicted octanol–water partition coefficient (Wildman–Crippen LogP) is 3.45. The standard InChI is InChI=1S/C17H26N4/c1-5-16(6-2)21-10-9-15(20-21)11-17(18-4)14-8-7-13(3)19-12-14/h7-10,12,16-18H,5-6,11H2,1-4H3. The summed E-state index contributed by atoms with van der Waals surface area (Å²) in [6, 6.07) is 7.09. The smallest absolute Gasteiger partial charge is 0.0643 e. The molecule has 114 valence electrons. The molecule has 2 aromatic rings. The van der Waals surface area contributed by atoms with Crippen LogP contribution in [0, 0.1) is 6.92 Å². The van der Waals surface area contributed by atoms with Crippen molar-refractivity contribution in [3.63, 3.8) is 0 Å². The van der Waals surface area contributed by atoms with Gasteiger partial charge < -0.3 is 5.32 Å². The molecule has 2 heterocycles. The van der Waals surface area contributed by atoms with Gasteiger partial charge in [0.1, 0.15) is 0 Å². The fourth-order valence-electron chi connectivity index (χ4n) is 2.63. The quantitative estimate of drug-likeness (QED) is 0.847. The minimum absolute atomic E-state index is 0.253. The molecular weight excluding hydrogens is 260 g/mol. The van der Waals surface area contributed by atoms with E-state index in [-0.39, 0.29) is 6.04 Å². The monoisotopic (exact) mass is 286 g/mol. The maximum atomic E-state index is 4.74. The van der Waals surface area contributed by atoms with Crippen LogP contribution in [0.5, 0.6) is 0 Å². The zero-order valence-corrected chi connectivity index (χ0v) is 13.5. The van der Waals surface area contributed by atoms with Crippen LogP contribution in [0.4, 0.5) is 0 Å². The second-order valence-electron chi connectivity index (χ2n) is 5.54. The fourth-order valence-corrected chi connectivity index (χ4v) is 2.63. The van der Waals surface area contributed by atoms with Gasteiger partial charge >= 0.3 is 0 Å². The Morgan fingerprint density at radius 1 is 1.19 bits per heavy atom. The molecule has 0 bridgehead atoms. The van der Waals surface area contributed by atoms with Crippen molar-refractivity contribution in [1.82, 2.24) is 20.1 Å². The van der Waals surface area contributed by atoms with Crippen molar-refractivity contribution in [1.29, 1.82) is 0 Å². The summed E-state index contributed by atoms with van der Waals surface area (Å²) in [5, 5.41) is 8.10. The molecule has 1 unspecified atom stereocenters. The van der Waals surface area contributed by atoms with Crippen LogP contribution >= 0.6 is 0 Å². The number of aryl methyl sites for hydroxylation is 1. The second kappa shape index (κ2) is 7.36. The third-order valence-electron chi connectivity index (χ3n) is 4.08. The van der Waals surface area contributed by atoms with Crippen LogP contribution in [0.15, 0.2) is 30.6 Å². The van der Waals surface area contributed by atoms with Gasteiger partial charge in [-0.25, -0.2) is 0 Å². The van der Waals surface area contributed by atoms with Crippen LogP contribution in [0.25, 0.3) is 0 Å². The van der Waals surface area contributed by atoms with E-state index in [1.165, 1.54) is 5.56 Å². The number of likely N-dealkylation sites (N-methyl/N-ethyl adjacent to an activating group) is 1. The van der Waals surface area contributed by atoms with E-state index < -0.39 is 0 Å². The molecule has 0 aliphatic carbocycles. The van der Waals surface area contributed by atoms with E-state index in [9.17, 15) is 0 Å². The number of rotatable bonds is 7. The molecule has 0 saturated carbocycles. The number of aromatic nitrogens is 3. The van der Waals surface area contributed by atoms with E-state index in [0.717, 1.165) is 30.7 Å². The lowest BCUT2D eigenvalue weighted by atomic mass is 10.0. The molecule has 0 aromatic carbocycles. The van der Waals surface area contributed by atoms with Crippen molar-refractivity contribution in [2.45, 2.75) is 52.1 Å². The van der Waals surface area contributed by atoms with Gasteiger partial charge in [-0.15, -0.1) is 0 Å². The van der Waals surface area contributed by atoms with Gasteiger partial charge in [0.05, 0.1) is 11.7 Å². The number of hydrogen-bond acceptors (Lipinski definition) is 3. The molecule has 4 nitrogen and oxygen atoms in total. The Bertz CT molecular complexity index is 540. The number of nitrogens with zero attached hydrogens (tertiary/aromatic N) is 3. The Kier molecular flexibility index (Phi) is 5.51. The lowest BCUT2D eigenvalue weighted by molar-refractivity contribution is 0.423. The highest BCUT2D eigenvalue weighted by molar-refractivity contribution is 5.19. The van der Waals surface area contributed by atoms with Gasteiger partial charge in [0.15, 0.2) is 0 Å². The first-order valence-corrected chi connectivity index (χ1v) is 7.81. The molecule has 2 rings (SSSR count). The van der Waals surface area contributed by atoms with Gasteiger partial charge in [-0.3, -0.25) is 9.67 Å². The molecule has 21 heavy (non-hydrogen) atoms. The molecule has 0 aliphatic heterocycles. The first kappa shape index (κ1) is 15.7. The molecule has 0 radical (unpaired) electrons. The van der Waals surface area contributed by atoms with E-state index in [2.05, 4.69) is 53.2 Å². The molecular formula is C17H26N4. The lowest BCUT2D eigenvalue weighted by Gasteiger charge is -2.16. The Labute approximate surface area is 127 Å². The van der Waals surface area contributed by atoms with E-state index in [1.54, 1.807) is 0 Å². The first-order valence-electron chi connectivity index (χ1n) is 7.81. The van der Waals surface area contributed by atoms with Crippen molar-refractivity contribution in [3.05, 3.63) is 47.5 Å². The summed E-state index contributed by atoms with van der Waals surface area (Å²) in [5.41, 5.74) is 3.38. The highest BCUT2D eigenvalue weighted by Gasteiger charge is 2.14. The van der Waals surface area contributed by atoms with Crippen LogP contribution in [-0.2, 0) is 6.42 Å². The molecule has 4 heteroatoms. The summed E-state index contributed by atoms with van der Waals surface area (Å²) in [4.78, 5) is 4.38. The topological polar surface area (TPSA) is 42.7 Å². The van der Waals surface area contributed by atoms with E-state index in [4.69, 9.17) is 5.10 Å². The Morgan fingerprint density at radius 3 is 2.52 bits per heavy atom. The zero-order chi connectivity index (χ0) is 15.2. The third-order valence-corrected chi connectivity index (χ3v) is 4.08. The van der Waals surface area contributed by atoms with Gasteiger partial charge in [0.25, 0.3) is 0 Å². The van der Waals surface area contributed by atoms with Crippen molar-refractivity contribution >= 4 is 0 Å². The number of nitrogens with one attached hydrogen (secondary N) is 1. The Balaban J connectivity index is 2.10. The van der Waals surface area contributed by atoms with Crippen LogP contribution in [0.3, 0.4) is 0 Å². The van der Waals surface area contributed by atoms with Gasteiger partial charge in [0, 0.05) is 30.6 Å². The van der Waals surface area contributed by atoms with Crippen LogP contribution < -0.4 is 5.32 Å². The average Bonchev–Trinajstić information content (AvgIpc) is 2.96. The minimum Gasteiger partial charge on any atom is -0.313 e. The summed E-state index contributed by atoms with van der Waals surface area (Å²) in [6.07, 6.45) is 7.18. The van der Waals surface area contributed by atoms with Crippen molar-refractivity contribution < 1.29 is 0 Å². The molecule has 0 spiro atoms. The normalized spacial score (nSPS) is 12.8. The van der Waals surface area contributed by atoms with Crippen molar-refractivity contribution in [2.75, 3.05) is 7.05 Å². The molecule has 2 aromatic heterocycles. The third kappa shape index (κ3) is 3.91. The second-order valence-corrected chi connectivity index (χ2v) is 5.54. The van der Waals surface area contributed by atoms with E-state index in [0.29, 0.717) is 6.04 Å².